The molecule has 6 nitrogen and oxygen atoms in total. The second kappa shape index (κ2) is 4.59. The van der Waals surface area contributed by atoms with Crippen molar-refractivity contribution in [2.75, 3.05) is 19.6 Å². The Labute approximate surface area is 107 Å². The zero-order valence-electron chi connectivity index (χ0n) is 10.7. The lowest BCUT2D eigenvalue weighted by molar-refractivity contribution is 0.123. The van der Waals surface area contributed by atoms with Gasteiger partial charge in [0.25, 0.3) is 0 Å². The van der Waals surface area contributed by atoms with E-state index in [1.807, 2.05) is 14.4 Å². The van der Waals surface area contributed by atoms with Gasteiger partial charge in [-0.2, -0.15) is 0 Å². The molecule has 0 saturated carbocycles. The molecule has 18 heavy (non-hydrogen) atoms. The molecule has 2 aliphatic rings. The summed E-state index contributed by atoms with van der Waals surface area (Å²) in [7, 11) is 0. The number of carbonyl (C=O) groups is 1. The minimum atomic E-state index is 0.163. The summed E-state index contributed by atoms with van der Waals surface area (Å²) < 4.78 is 2.02. The first-order valence-corrected chi connectivity index (χ1v) is 6.64. The maximum absolute atomic E-state index is 12.4. The Morgan fingerprint density at radius 1 is 1.22 bits per heavy atom. The number of hydrogen-bond acceptors (Lipinski definition) is 3. The molecule has 0 spiro atoms. The Bertz CT molecular complexity index is 435. The number of nitrogens with zero attached hydrogens (tertiary/aromatic N) is 5. The molecule has 2 aliphatic heterocycles. The van der Waals surface area contributed by atoms with E-state index >= 15 is 0 Å². The fourth-order valence-electron chi connectivity index (χ4n) is 2.63. The number of likely N-dealkylation sites (tertiary alicyclic amines) is 1. The van der Waals surface area contributed by atoms with Crippen molar-refractivity contribution in [3.05, 3.63) is 12.2 Å². The fraction of sp³-hybridized carbons (Fsp3) is 0.750. The van der Waals surface area contributed by atoms with E-state index in [1.54, 1.807) is 6.33 Å². The van der Waals surface area contributed by atoms with E-state index in [9.17, 15) is 4.79 Å². The summed E-state index contributed by atoms with van der Waals surface area (Å²) in [5.41, 5.74) is 0. The molecule has 3 rings (SSSR count). The molecule has 0 atom stereocenters. The maximum Gasteiger partial charge on any atom is 0.320 e. The second-order valence-corrected chi connectivity index (χ2v) is 5.31. The van der Waals surface area contributed by atoms with E-state index in [2.05, 4.69) is 17.1 Å². The number of aromatic nitrogens is 3. The average Bonchev–Trinajstić information content (AvgIpc) is 2.86. The molecular weight excluding hydrogens is 230 g/mol. The quantitative estimate of drug-likeness (QED) is 0.687. The molecule has 1 aromatic rings. The molecule has 2 amide bonds. The molecule has 0 radical (unpaired) electrons. The van der Waals surface area contributed by atoms with Crippen LogP contribution < -0.4 is 0 Å². The molecule has 0 aromatic carbocycles. The third-order valence-electron chi connectivity index (χ3n) is 3.96. The first kappa shape index (κ1) is 11.5. The molecule has 1 saturated heterocycles. The van der Waals surface area contributed by atoms with E-state index in [4.69, 9.17) is 0 Å². The van der Waals surface area contributed by atoms with Crippen LogP contribution >= 0.6 is 0 Å². The average molecular weight is 249 g/mol. The highest BCUT2D eigenvalue weighted by Gasteiger charge is 2.27. The van der Waals surface area contributed by atoms with Crippen molar-refractivity contribution in [3.8, 4) is 0 Å². The molecule has 0 unspecified atom stereocenters. The van der Waals surface area contributed by atoms with Crippen molar-refractivity contribution in [1.82, 2.24) is 24.6 Å². The summed E-state index contributed by atoms with van der Waals surface area (Å²) in [5.74, 6) is 1.64. The summed E-state index contributed by atoms with van der Waals surface area (Å²) in [5, 5.41) is 7.93. The van der Waals surface area contributed by atoms with Crippen LogP contribution in [0.15, 0.2) is 6.33 Å². The number of fused-ring (bicyclic) bond motifs is 1. The van der Waals surface area contributed by atoms with Crippen LogP contribution in [0.25, 0.3) is 0 Å². The van der Waals surface area contributed by atoms with Crippen LogP contribution in [0.1, 0.15) is 25.6 Å². The number of rotatable bonds is 0. The van der Waals surface area contributed by atoms with Crippen LogP contribution in [0.2, 0.25) is 0 Å². The Morgan fingerprint density at radius 2 is 2.00 bits per heavy atom. The summed E-state index contributed by atoms with van der Waals surface area (Å²) in [6.45, 7) is 6.19. The largest absolute Gasteiger partial charge is 0.325 e. The molecule has 98 valence electrons. The normalized spacial score (nSPS) is 20.9. The van der Waals surface area contributed by atoms with Gasteiger partial charge in [0.1, 0.15) is 6.33 Å². The number of amides is 2. The Kier molecular flexibility index (Phi) is 2.93. The summed E-state index contributed by atoms with van der Waals surface area (Å²) in [6, 6.07) is 0.163. The van der Waals surface area contributed by atoms with Gasteiger partial charge < -0.3 is 14.4 Å². The van der Waals surface area contributed by atoms with Crippen molar-refractivity contribution in [2.45, 2.75) is 32.9 Å². The van der Waals surface area contributed by atoms with Crippen LogP contribution in [0.3, 0.4) is 0 Å². The molecular formula is C12H19N5O. The maximum atomic E-state index is 12.4. The minimum Gasteiger partial charge on any atom is -0.325 e. The highest BCUT2D eigenvalue weighted by Crippen LogP contribution is 2.19. The van der Waals surface area contributed by atoms with E-state index in [1.165, 1.54) is 0 Å². The number of hydrogen-bond donors (Lipinski definition) is 0. The summed E-state index contributed by atoms with van der Waals surface area (Å²) in [4.78, 5) is 16.3. The Balaban J connectivity index is 1.64. The lowest BCUT2D eigenvalue weighted by Gasteiger charge is -2.36. The predicted molar refractivity (Wildman–Crippen MR) is 65.8 cm³/mol. The number of urea groups is 1. The molecule has 0 aliphatic carbocycles. The van der Waals surface area contributed by atoms with Gasteiger partial charge in [-0.1, -0.05) is 6.92 Å². The van der Waals surface area contributed by atoms with Gasteiger partial charge in [0, 0.05) is 26.2 Å². The van der Waals surface area contributed by atoms with Crippen molar-refractivity contribution in [1.29, 1.82) is 0 Å². The van der Waals surface area contributed by atoms with Gasteiger partial charge in [0.2, 0.25) is 0 Å². The number of carbonyl (C=O) groups excluding carboxylic acids is 1. The van der Waals surface area contributed by atoms with Crippen LogP contribution in [-0.2, 0) is 13.1 Å². The third-order valence-corrected chi connectivity index (χ3v) is 3.96. The lowest BCUT2D eigenvalue weighted by Crippen LogP contribution is -2.48. The molecule has 6 heteroatoms. The van der Waals surface area contributed by atoms with Crippen LogP contribution in [0.4, 0.5) is 4.79 Å². The minimum absolute atomic E-state index is 0.163. The zero-order chi connectivity index (χ0) is 12.5. The van der Waals surface area contributed by atoms with Gasteiger partial charge in [-0.25, -0.2) is 4.79 Å². The summed E-state index contributed by atoms with van der Waals surface area (Å²) >= 11 is 0. The topological polar surface area (TPSA) is 54.3 Å². The molecule has 1 aromatic heterocycles. The van der Waals surface area contributed by atoms with E-state index in [-0.39, 0.29) is 6.03 Å². The third kappa shape index (κ3) is 2.07. The Morgan fingerprint density at radius 3 is 2.78 bits per heavy atom. The fourth-order valence-corrected chi connectivity index (χ4v) is 2.63. The van der Waals surface area contributed by atoms with E-state index in [0.29, 0.717) is 6.54 Å². The van der Waals surface area contributed by atoms with Crippen LogP contribution in [0.5, 0.6) is 0 Å². The molecule has 3 heterocycles. The zero-order valence-corrected chi connectivity index (χ0v) is 10.7. The van der Waals surface area contributed by atoms with Crippen molar-refractivity contribution >= 4 is 6.03 Å². The van der Waals surface area contributed by atoms with Gasteiger partial charge in [-0.3, -0.25) is 0 Å². The van der Waals surface area contributed by atoms with Gasteiger partial charge >= 0.3 is 6.03 Å². The van der Waals surface area contributed by atoms with Crippen molar-refractivity contribution in [2.24, 2.45) is 5.92 Å². The molecule has 0 N–H and O–H groups in total. The van der Waals surface area contributed by atoms with Gasteiger partial charge in [-0.15, -0.1) is 10.2 Å². The van der Waals surface area contributed by atoms with Gasteiger partial charge in [0.05, 0.1) is 6.54 Å². The van der Waals surface area contributed by atoms with Gasteiger partial charge in [-0.05, 0) is 18.8 Å². The first-order valence-electron chi connectivity index (χ1n) is 6.64. The first-order chi connectivity index (χ1) is 8.74. The van der Waals surface area contributed by atoms with Crippen LogP contribution in [0, 0.1) is 5.92 Å². The van der Waals surface area contributed by atoms with Crippen molar-refractivity contribution < 1.29 is 4.79 Å². The molecule has 0 bridgehead atoms. The standard InChI is InChI=1S/C12H19N5O/c1-10-2-4-15(5-3-10)12(18)16-6-7-17-9-13-14-11(17)8-16/h9-10H,2-8H2,1H3. The van der Waals surface area contributed by atoms with E-state index < -0.39 is 0 Å². The van der Waals surface area contributed by atoms with E-state index in [0.717, 1.165) is 50.8 Å². The number of piperidine rings is 1. The monoisotopic (exact) mass is 249 g/mol. The highest BCUT2D eigenvalue weighted by atomic mass is 16.2. The predicted octanol–water partition coefficient (Wildman–Crippen LogP) is 0.946. The van der Waals surface area contributed by atoms with Gasteiger partial charge in [0.15, 0.2) is 5.82 Å². The SMILES string of the molecule is CC1CCN(C(=O)N2CCn3cnnc3C2)CC1. The van der Waals surface area contributed by atoms with Crippen LogP contribution in [-0.4, -0.2) is 50.2 Å². The highest BCUT2D eigenvalue weighted by molar-refractivity contribution is 5.74. The van der Waals surface area contributed by atoms with Crippen molar-refractivity contribution in [3.63, 3.8) is 0 Å². The smallest absolute Gasteiger partial charge is 0.320 e. The second-order valence-electron chi connectivity index (χ2n) is 5.31. The Hall–Kier alpha value is -1.59. The molecule has 1 fully saturated rings. The summed E-state index contributed by atoms with van der Waals surface area (Å²) in [6.07, 6.45) is 3.98. The lowest BCUT2D eigenvalue weighted by atomic mass is 9.99.